The summed E-state index contributed by atoms with van der Waals surface area (Å²) >= 11 is 6.11. The lowest BCUT2D eigenvalue weighted by Crippen LogP contribution is -1.91. The molecule has 6 heteroatoms. The smallest absolute Gasteiger partial charge is 0.180 e. The Balaban J connectivity index is 2.12. The van der Waals surface area contributed by atoms with Gasteiger partial charge in [0.15, 0.2) is 5.65 Å². The maximum Gasteiger partial charge on any atom is 0.180 e. The van der Waals surface area contributed by atoms with E-state index in [0.29, 0.717) is 10.7 Å². The van der Waals surface area contributed by atoms with Crippen LogP contribution in [0.1, 0.15) is 0 Å². The molecule has 0 aliphatic carbocycles. The third kappa shape index (κ3) is 2.06. The second-order valence-corrected chi connectivity index (χ2v) is 4.65. The van der Waals surface area contributed by atoms with E-state index in [2.05, 4.69) is 20.3 Å². The zero-order chi connectivity index (χ0) is 14.1. The molecule has 102 valence electrons. The van der Waals surface area contributed by atoms with Crippen LogP contribution in [0, 0.1) is 0 Å². The quantitative estimate of drug-likeness (QED) is 0.776. The van der Waals surface area contributed by atoms with Crippen molar-refractivity contribution < 1.29 is 4.74 Å². The standard InChI is InChI=1S/C14H13ClN4O/c1-16-11-10(15)7-17-14-12(11)18-13(19-14)8-3-5-9(20-2)6-4-8/h3-7H,1-2H3,(H2,16,17,18,19). The third-order valence-electron chi connectivity index (χ3n) is 3.09. The molecule has 0 fully saturated rings. The van der Waals surface area contributed by atoms with E-state index < -0.39 is 0 Å². The Morgan fingerprint density at radius 3 is 2.65 bits per heavy atom. The number of nitrogens with zero attached hydrogens (tertiary/aromatic N) is 2. The van der Waals surface area contributed by atoms with Gasteiger partial charge in [0.2, 0.25) is 0 Å². The average Bonchev–Trinajstić information content (AvgIpc) is 2.91. The number of nitrogens with one attached hydrogen (secondary N) is 2. The summed E-state index contributed by atoms with van der Waals surface area (Å²) in [6.07, 6.45) is 1.59. The molecule has 3 aromatic rings. The SMILES string of the molecule is CNc1c(Cl)cnc2nc(-c3ccc(OC)cc3)[nH]c12. The maximum absolute atomic E-state index is 6.11. The molecule has 0 atom stereocenters. The largest absolute Gasteiger partial charge is 0.497 e. The Hall–Kier alpha value is -2.27. The molecule has 2 aromatic heterocycles. The van der Waals surface area contributed by atoms with Crippen molar-refractivity contribution in [3.8, 4) is 17.1 Å². The first-order valence-electron chi connectivity index (χ1n) is 6.09. The van der Waals surface area contributed by atoms with Crippen molar-refractivity contribution in [3.63, 3.8) is 0 Å². The van der Waals surface area contributed by atoms with Gasteiger partial charge in [-0.2, -0.15) is 0 Å². The summed E-state index contributed by atoms with van der Waals surface area (Å²) in [4.78, 5) is 12.0. The van der Waals surface area contributed by atoms with Crippen molar-refractivity contribution >= 4 is 28.5 Å². The number of anilines is 1. The van der Waals surface area contributed by atoms with Gasteiger partial charge >= 0.3 is 0 Å². The molecule has 0 saturated carbocycles. The number of pyridine rings is 1. The second-order valence-electron chi connectivity index (χ2n) is 4.24. The Labute approximate surface area is 121 Å². The predicted octanol–water partition coefficient (Wildman–Crippen LogP) is 3.33. The molecule has 0 radical (unpaired) electrons. The van der Waals surface area contributed by atoms with E-state index in [1.54, 1.807) is 13.3 Å². The molecule has 0 spiro atoms. The van der Waals surface area contributed by atoms with Crippen LogP contribution in [0.5, 0.6) is 5.75 Å². The van der Waals surface area contributed by atoms with Crippen molar-refractivity contribution in [2.24, 2.45) is 0 Å². The highest BCUT2D eigenvalue weighted by Crippen LogP contribution is 2.30. The third-order valence-corrected chi connectivity index (χ3v) is 3.37. The normalized spacial score (nSPS) is 10.8. The summed E-state index contributed by atoms with van der Waals surface area (Å²) in [6, 6.07) is 7.66. The van der Waals surface area contributed by atoms with Gasteiger partial charge in [0.1, 0.15) is 17.1 Å². The molecule has 0 unspecified atom stereocenters. The van der Waals surface area contributed by atoms with E-state index in [9.17, 15) is 0 Å². The first kappa shape index (κ1) is 12.7. The molecule has 0 saturated heterocycles. The summed E-state index contributed by atoms with van der Waals surface area (Å²) < 4.78 is 5.15. The highest BCUT2D eigenvalue weighted by atomic mass is 35.5. The number of ether oxygens (including phenoxy) is 1. The molecule has 1 aromatic carbocycles. The van der Waals surface area contributed by atoms with Gasteiger partial charge in [0.25, 0.3) is 0 Å². The molecule has 0 aliphatic heterocycles. The van der Waals surface area contributed by atoms with Gasteiger partial charge in [-0.3, -0.25) is 0 Å². The van der Waals surface area contributed by atoms with Gasteiger partial charge in [0.05, 0.1) is 24.0 Å². The summed E-state index contributed by atoms with van der Waals surface area (Å²) in [5.41, 5.74) is 3.18. The summed E-state index contributed by atoms with van der Waals surface area (Å²) in [6.45, 7) is 0. The minimum Gasteiger partial charge on any atom is -0.497 e. The van der Waals surface area contributed by atoms with Crippen molar-refractivity contribution in [1.29, 1.82) is 0 Å². The average molecular weight is 289 g/mol. The van der Waals surface area contributed by atoms with Gasteiger partial charge in [-0.25, -0.2) is 9.97 Å². The van der Waals surface area contributed by atoms with Crippen molar-refractivity contribution in [2.45, 2.75) is 0 Å². The first-order chi connectivity index (χ1) is 9.72. The lowest BCUT2D eigenvalue weighted by atomic mass is 10.2. The fourth-order valence-electron chi connectivity index (χ4n) is 2.06. The number of rotatable bonds is 3. The molecule has 0 aliphatic rings. The molecule has 0 bridgehead atoms. The number of methoxy groups -OCH3 is 1. The molecule has 2 heterocycles. The maximum atomic E-state index is 6.11. The second kappa shape index (κ2) is 5.02. The number of fused-ring (bicyclic) bond motifs is 1. The molecule has 5 nitrogen and oxygen atoms in total. The summed E-state index contributed by atoms with van der Waals surface area (Å²) in [5, 5.41) is 3.62. The van der Waals surface area contributed by atoms with Crippen molar-refractivity contribution in [3.05, 3.63) is 35.5 Å². The van der Waals surface area contributed by atoms with Crippen LogP contribution in [0.25, 0.3) is 22.6 Å². The van der Waals surface area contributed by atoms with Crippen LogP contribution in [-0.4, -0.2) is 29.1 Å². The van der Waals surface area contributed by atoms with Gasteiger partial charge in [-0.15, -0.1) is 0 Å². The lowest BCUT2D eigenvalue weighted by Gasteiger charge is -2.02. The number of hydrogen-bond donors (Lipinski definition) is 2. The lowest BCUT2D eigenvalue weighted by molar-refractivity contribution is 0.415. The number of halogens is 1. The van der Waals surface area contributed by atoms with Crippen LogP contribution in [0.15, 0.2) is 30.5 Å². The van der Waals surface area contributed by atoms with E-state index in [4.69, 9.17) is 16.3 Å². The topological polar surface area (TPSA) is 62.8 Å². The number of hydrogen-bond acceptors (Lipinski definition) is 4. The van der Waals surface area contributed by atoms with Crippen LogP contribution in [0.2, 0.25) is 5.02 Å². The van der Waals surface area contributed by atoms with Gasteiger partial charge in [-0.05, 0) is 24.3 Å². The molecular weight excluding hydrogens is 276 g/mol. The molecule has 20 heavy (non-hydrogen) atoms. The Morgan fingerprint density at radius 2 is 2.00 bits per heavy atom. The summed E-state index contributed by atoms with van der Waals surface area (Å²) in [7, 11) is 3.45. The van der Waals surface area contributed by atoms with E-state index in [0.717, 1.165) is 28.3 Å². The number of aromatic nitrogens is 3. The monoisotopic (exact) mass is 288 g/mol. The van der Waals surface area contributed by atoms with E-state index >= 15 is 0 Å². The summed E-state index contributed by atoms with van der Waals surface area (Å²) in [5.74, 6) is 1.55. The fraction of sp³-hybridized carbons (Fsp3) is 0.143. The van der Waals surface area contributed by atoms with Crippen LogP contribution in [0.3, 0.4) is 0 Å². The minimum absolute atomic E-state index is 0.560. The molecular formula is C14H13ClN4O. The Bertz CT molecular complexity index is 752. The number of benzene rings is 1. The number of H-pyrrole nitrogens is 1. The number of aromatic amines is 1. The van der Waals surface area contributed by atoms with E-state index in [-0.39, 0.29) is 0 Å². The zero-order valence-electron chi connectivity index (χ0n) is 11.1. The Kier molecular flexibility index (Phi) is 3.20. The molecule has 3 rings (SSSR count). The van der Waals surface area contributed by atoms with E-state index in [1.807, 2.05) is 31.3 Å². The van der Waals surface area contributed by atoms with Gasteiger partial charge in [0, 0.05) is 12.6 Å². The van der Waals surface area contributed by atoms with Gasteiger partial charge in [-0.1, -0.05) is 11.6 Å². The fourth-order valence-corrected chi connectivity index (χ4v) is 2.30. The molecule has 2 N–H and O–H groups in total. The van der Waals surface area contributed by atoms with Crippen LogP contribution in [0.4, 0.5) is 5.69 Å². The van der Waals surface area contributed by atoms with Crippen LogP contribution in [-0.2, 0) is 0 Å². The molecule has 0 amide bonds. The van der Waals surface area contributed by atoms with Crippen molar-refractivity contribution in [2.75, 3.05) is 19.5 Å². The predicted molar refractivity (Wildman–Crippen MR) is 80.4 cm³/mol. The highest BCUT2D eigenvalue weighted by Gasteiger charge is 2.12. The van der Waals surface area contributed by atoms with E-state index in [1.165, 1.54) is 0 Å². The zero-order valence-corrected chi connectivity index (χ0v) is 11.8. The van der Waals surface area contributed by atoms with Crippen LogP contribution >= 0.6 is 11.6 Å². The van der Waals surface area contributed by atoms with Crippen LogP contribution < -0.4 is 10.1 Å². The first-order valence-corrected chi connectivity index (χ1v) is 6.47. The van der Waals surface area contributed by atoms with Crippen molar-refractivity contribution in [1.82, 2.24) is 15.0 Å². The van der Waals surface area contributed by atoms with Gasteiger partial charge < -0.3 is 15.0 Å². The minimum atomic E-state index is 0.560. The highest BCUT2D eigenvalue weighted by molar-refractivity contribution is 6.34. The Morgan fingerprint density at radius 1 is 1.25 bits per heavy atom. The number of imidazole rings is 1.